The summed E-state index contributed by atoms with van der Waals surface area (Å²) in [5.41, 5.74) is 1.93. The number of nitrogens with one attached hydrogen (secondary N) is 2. The SMILES string of the molecule is CCn1c(SCC(=O)NC(=O)NCc2ccccc2)nnc1-c1ccccc1. The molecule has 28 heavy (non-hydrogen) atoms. The zero-order valence-corrected chi connectivity index (χ0v) is 16.3. The number of rotatable bonds is 7. The molecular formula is C20H21N5O2S. The lowest BCUT2D eigenvalue weighted by molar-refractivity contribution is -0.117. The first-order chi connectivity index (χ1) is 13.7. The van der Waals surface area contributed by atoms with Crippen LogP contribution in [0.25, 0.3) is 11.4 Å². The van der Waals surface area contributed by atoms with E-state index >= 15 is 0 Å². The van der Waals surface area contributed by atoms with Crippen LogP contribution in [0, 0.1) is 0 Å². The van der Waals surface area contributed by atoms with E-state index < -0.39 is 6.03 Å². The highest BCUT2D eigenvalue weighted by Gasteiger charge is 2.15. The van der Waals surface area contributed by atoms with Gasteiger partial charge >= 0.3 is 6.03 Å². The molecule has 8 heteroatoms. The third-order valence-corrected chi connectivity index (χ3v) is 4.91. The van der Waals surface area contributed by atoms with Crippen molar-refractivity contribution in [1.82, 2.24) is 25.4 Å². The second-order valence-electron chi connectivity index (χ2n) is 5.92. The lowest BCUT2D eigenvalue weighted by Gasteiger charge is -2.08. The minimum Gasteiger partial charge on any atom is -0.334 e. The number of amides is 3. The molecule has 3 amide bonds. The molecule has 3 aromatic rings. The van der Waals surface area contributed by atoms with Gasteiger partial charge in [0, 0.05) is 18.7 Å². The van der Waals surface area contributed by atoms with Crippen LogP contribution in [-0.2, 0) is 17.9 Å². The first kappa shape index (κ1) is 19.6. The normalized spacial score (nSPS) is 10.5. The Balaban J connectivity index is 1.52. The number of hydrogen-bond acceptors (Lipinski definition) is 5. The van der Waals surface area contributed by atoms with Gasteiger partial charge in [0.25, 0.3) is 0 Å². The number of thioether (sulfide) groups is 1. The highest BCUT2D eigenvalue weighted by atomic mass is 32.2. The predicted molar refractivity (Wildman–Crippen MR) is 109 cm³/mol. The molecule has 3 rings (SSSR count). The molecule has 2 aromatic carbocycles. The molecule has 0 spiro atoms. The van der Waals surface area contributed by atoms with E-state index in [4.69, 9.17) is 0 Å². The van der Waals surface area contributed by atoms with Crippen LogP contribution in [0.3, 0.4) is 0 Å². The number of imide groups is 1. The van der Waals surface area contributed by atoms with Gasteiger partial charge in [0.1, 0.15) is 0 Å². The van der Waals surface area contributed by atoms with Crippen LogP contribution in [0.15, 0.2) is 65.8 Å². The molecule has 1 aromatic heterocycles. The highest BCUT2D eigenvalue weighted by molar-refractivity contribution is 7.99. The van der Waals surface area contributed by atoms with Crippen molar-refractivity contribution in [2.24, 2.45) is 0 Å². The fourth-order valence-electron chi connectivity index (χ4n) is 2.60. The molecule has 2 N–H and O–H groups in total. The Morgan fingerprint density at radius 1 is 1.00 bits per heavy atom. The largest absolute Gasteiger partial charge is 0.334 e. The van der Waals surface area contributed by atoms with Crippen molar-refractivity contribution in [1.29, 1.82) is 0 Å². The van der Waals surface area contributed by atoms with Crippen molar-refractivity contribution in [3.05, 3.63) is 66.2 Å². The van der Waals surface area contributed by atoms with E-state index in [1.807, 2.05) is 72.2 Å². The quantitative estimate of drug-likeness (QED) is 0.600. The monoisotopic (exact) mass is 395 g/mol. The number of nitrogens with zero attached hydrogens (tertiary/aromatic N) is 3. The average molecular weight is 395 g/mol. The van der Waals surface area contributed by atoms with Gasteiger partial charge in [-0.05, 0) is 12.5 Å². The summed E-state index contributed by atoms with van der Waals surface area (Å²) in [6.45, 7) is 3.04. The van der Waals surface area contributed by atoms with Gasteiger partial charge in [-0.15, -0.1) is 10.2 Å². The first-order valence-electron chi connectivity index (χ1n) is 8.90. The number of urea groups is 1. The smallest absolute Gasteiger partial charge is 0.321 e. The number of aromatic nitrogens is 3. The molecule has 0 saturated heterocycles. The van der Waals surface area contributed by atoms with Crippen LogP contribution in [0.5, 0.6) is 0 Å². The van der Waals surface area contributed by atoms with Crippen molar-refractivity contribution in [3.63, 3.8) is 0 Å². The number of carbonyl (C=O) groups is 2. The zero-order chi connectivity index (χ0) is 19.8. The van der Waals surface area contributed by atoms with E-state index in [-0.39, 0.29) is 11.7 Å². The van der Waals surface area contributed by atoms with Gasteiger partial charge in [-0.1, -0.05) is 72.4 Å². The summed E-state index contributed by atoms with van der Waals surface area (Å²) < 4.78 is 1.95. The molecule has 0 unspecified atom stereocenters. The van der Waals surface area contributed by atoms with Gasteiger partial charge < -0.3 is 9.88 Å². The Morgan fingerprint density at radius 2 is 1.68 bits per heavy atom. The van der Waals surface area contributed by atoms with Crippen LogP contribution in [-0.4, -0.2) is 32.5 Å². The topological polar surface area (TPSA) is 88.9 Å². The van der Waals surface area contributed by atoms with Gasteiger partial charge in [0.15, 0.2) is 11.0 Å². The Labute approximate surface area is 167 Å². The summed E-state index contributed by atoms with van der Waals surface area (Å²) in [5, 5.41) is 14.1. The molecule has 144 valence electrons. The van der Waals surface area contributed by atoms with Crippen molar-refractivity contribution in [2.45, 2.75) is 25.2 Å². The second-order valence-corrected chi connectivity index (χ2v) is 6.86. The minimum absolute atomic E-state index is 0.0751. The fourth-order valence-corrected chi connectivity index (χ4v) is 3.40. The lowest BCUT2D eigenvalue weighted by atomic mass is 10.2. The Kier molecular flexibility index (Phi) is 6.80. The molecular weight excluding hydrogens is 374 g/mol. The Hall–Kier alpha value is -3.13. The standard InChI is InChI=1S/C20H21N5O2S/c1-2-25-18(16-11-7-4-8-12-16)23-24-20(25)28-14-17(26)22-19(27)21-13-15-9-5-3-6-10-15/h3-12H,2,13-14H2,1H3,(H2,21,22,26,27). The van der Waals surface area contributed by atoms with E-state index in [0.29, 0.717) is 18.2 Å². The Morgan fingerprint density at radius 3 is 2.36 bits per heavy atom. The summed E-state index contributed by atoms with van der Waals surface area (Å²) in [5.74, 6) is 0.445. The molecule has 1 heterocycles. The van der Waals surface area contributed by atoms with Crippen molar-refractivity contribution < 1.29 is 9.59 Å². The molecule has 0 radical (unpaired) electrons. The molecule has 7 nitrogen and oxygen atoms in total. The number of benzene rings is 2. The van der Waals surface area contributed by atoms with Gasteiger partial charge in [-0.25, -0.2) is 4.79 Å². The average Bonchev–Trinajstić information content (AvgIpc) is 3.15. The zero-order valence-electron chi connectivity index (χ0n) is 15.5. The second kappa shape index (κ2) is 9.70. The first-order valence-corrected chi connectivity index (χ1v) is 9.89. The molecule has 0 atom stereocenters. The summed E-state index contributed by atoms with van der Waals surface area (Å²) in [4.78, 5) is 23.9. The van der Waals surface area contributed by atoms with Crippen LogP contribution in [0.4, 0.5) is 4.79 Å². The van der Waals surface area contributed by atoms with Crippen molar-refractivity contribution >= 4 is 23.7 Å². The van der Waals surface area contributed by atoms with E-state index in [2.05, 4.69) is 20.8 Å². The summed E-state index contributed by atoms with van der Waals surface area (Å²) >= 11 is 1.25. The molecule has 0 bridgehead atoms. The third-order valence-electron chi connectivity index (χ3n) is 3.95. The molecule has 0 aliphatic carbocycles. The van der Waals surface area contributed by atoms with E-state index in [1.165, 1.54) is 11.8 Å². The Bertz CT molecular complexity index is 928. The maximum absolute atomic E-state index is 12.1. The van der Waals surface area contributed by atoms with Crippen LogP contribution in [0.1, 0.15) is 12.5 Å². The van der Waals surface area contributed by atoms with Crippen molar-refractivity contribution in [3.8, 4) is 11.4 Å². The molecule has 0 fully saturated rings. The summed E-state index contributed by atoms with van der Waals surface area (Å²) in [6.07, 6.45) is 0. The fraction of sp³-hybridized carbons (Fsp3) is 0.200. The van der Waals surface area contributed by atoms with E-state index in [0.717, 1.165) is 17.0 Å². The lowest BCUT2D eigenvalue weighted by Crippen LogP contribution is -2.40. The molecule has 0 aliphatic rings. The van der Waals surface area contributed by atoms with Crippen LogP contribution in [0.2, 0.25) is 0 Å². The number of hydrogen-bond donors (Lipinski definition) is 2. The van der Waals surface area contributed by atoms with Gasteiger partial charge in [0.2, 0.25) is 5.91 Å². The highest BCUT2D eigenvalue weighted by Crippen LogP contribution is 2.23. The maximum Gasteiger partial charge on any atom is 0.321 e. The van der Waals surface area contributed by atoms with E-state index in [1.54, 1.807) is 0 Å². The third kappa shape index (κ3) is 5.20. The summed E-state index contributed by atoms with van der Waals surface area (Å²) in [7, 11) is 0. The van der Waals surface area contributed by atoms with Crippen LogP contribution < -0.4 is 10.6 Å². The van der Waals surface area contributed by atoms with Gasteiger partial charge in [-0.3, -0.25) is 10.1 Å². The predicted octanol–water partition coefficient (Wildman–Crippen LogP) is 3.08. The minimum atomic E-state index is -0.517. The number of carbonyl (C=O) groups excluding carboxylic acids is 2. The van der Waals surface area contributed by atoms with Crippen LogP contribution >= 0.6 is 11.8 Å². The van der Waals surface area contributed by atoms with Gasteiger partial charge in [0.05, 0.1) is 5.75 Å². The molecule has 0 saturated carbocycles. The maximum atomic E-state index is 12.1. The molecule has 0 aliphatic heterocycles. The van der Waals surface area contributed by atoms with E-state index in [9.17, 15) is 9.59 Å². The van der Waals surface area contributed by atoms with Gasteiger partial charge in [-0.2, -0.15) is 0 Å². The van der Waals surface area contributed by atoms with Crippen molar-refractivity contribution in [2.75, 3.05) is 5.75 Å². The summed E-state index contributed by atoms with van der Waals surface area (Å²) in [6, 6.07) is 18.7.